The Kier molecular flexibility index (Phi) is 3.62. The fraction of sp³-hybridized carbons (Fsp3) is 0.500. The van der Waals surface area contributed by atoms with Gasteiger partial charge in [0.2, 0.25) is 0 Å². The number of rotatable bonds is 3. The summed E-state index contributed by atoms with van der Waals surface area (Å²) in [7, 11) is 0. The maximum absolute atomic E-state index is 6.15. The van der Waals surface area contributed by atoms with E-state index in [0.29, 0.717) is 0 Å². The second-order valence-corrected chi connectivity index (χ2v) is 4.69. The van der Waals surface area contributed by atoms with Crippen molar-refractivity contribution in [2.45, 2.75) is 18.9 Å². The molecule has 15 heavy (non-hydrogen) atoms. The van der Waals surface area contributed by atoms with Gasteiger partial charge in [0, 0.05) is 11.1 Å². The van der Waals surface area contributed by atoms with Crippen LogP contribution in [-0.2, 0) is 0 Å². The van der Waals surface area contributed by atoms with Crippen LogP contribution in [0.1, 0.15) is 24.4 Å². The molecule has 3 heteroatoms. The van der Waals surface area contributed by atoms with Crippen molar-refractivity contribution in [2.75, 3.05) is 13.1 Å². The van der Waals surface area contributed by atoms with E-state index in [9.17, 15) is 0 Å². The first-order valence-electron chi connectivity index (χ1n) is 5.47. The third kappa shape index (κ3) is 2.94. The summed E-state index contributed by atoms with van der Waals surface area (Å²) in [5.41, 5.74) is 7.34. The third-order valence-corrected chi connectivity index (χ3v) is 3.30. The van der Waals surface area contributed by atoms with Crippen LogP contribution in [0.25, 0.3) is 0 Å². The Morgan fingerprint density at radius 1 is 1.40 bits per heavy atom. The number of hydrogen-bond donors (Lipinski definition) is 2. The molecular weight excluding hydrogens is 208 g/mol. The van der Waals surface area contributed by atoms with Crippen molar-refractivity contribution in [2.24, 2.45) is 11.7 Å². The molecule has 0 aliphatic carbocycles. The molecule has 0 saturated carbocycles. The molecule has 0 amide bonds. The lowest BCUT2D eigenvalue weighted by Crippen LogP contribution is -2.17. The number of hydrogen-bond acceptors (Lipinski definition) is 2. The SMILES string of the molecule is NC(CC1CCNC1)c1ccc(Cl)cc1. The zero-order valence-electron chi connectivity index (χ0n) is 8.75. The van der Waals surface area contributed by atoms with Gasteiger partial charge in [-0.15, -0.1) is 0 Å². The predicted octanol–water partition coefficient (Wildman–Crippen LogP) is 2.34. The topological polar surface area (TPSA) is 38.0 Å². The van der Waals surface area contributed by atoms with E-state index in [1.54, 1.807) is 0 Å². The Bertz CT molecular complexity index is 304. The van der Waals surface area contributed by atoms with Crippen molar-refractivity contribution in [3.05, 3.63) is 34.9 Å². The van der Waals surface area contributed by atoms with Crippen LogP contribution in [0, 0.1) is 5.92 Å². The second kappa shape index (κ2) is 4.97. The highest BCUT2D eigenvalue weighted by Gasteiger charge is 2.18. The van der Waals surface area contributed by atoms with E-state index >= 15 is 0 Å². The molecule has 1 saturated heterocycles. The molecule has 0 radical (unpaired) electrons. The highest BCUT2D eigenvalue weighted by Crippen LogP contribution is 2.23. The van der Waals surface area contributed by atoms with Crippen LogP contribution in [0.5, 0.6) is 0 Å². The lowest BCUT2D eigenvalue weighted by Gasteiger charge is -2.16. The van der Waals surface area contributed by atoms with Crippen molar-refractivity contribution in [1.29, 1.82) is 0 Å². The summed E-state index contributed by atoms with van der Waals surface area (Å²) in [6.07, 6.45) is 2.32. The molecule has 0 aromatic heterocycles. The van der Waals surface area contributed by atoms with Gasteiger partial charge in [0.25, 0.3) is 0 Å². The zero-order valence-corrected chi connectivity index (χ0v) is 9.50. The molecule has 1 aliphatic heterocycles. The maximum Gasteiger partial charge on any atom is 0.0406 e. The minimum Gasteiger partial charge on any atom is -0.324 e. The van der Waals surface area contributed by atoms with Crippen molar-refractivity contribution >= 4 is 11.6 Å². The number of nitrogens with two attached hydrogens (primary N) is 1. The Morgan fingerprint density at radius 2 is 2.13 bits per heavy atom. The summed E-state index contributed by atoms with van der Waals surface area (Å²) in [4.78, 5) is 0. The number of halogens is 1. The minimum absolute atomic E-state index is 0.146. The molecular formula is C12H17ClN2. The molecule has 1 aromatic carbocycles. The zero-order chi connectivity index (χ0) is 10.7. The van der Waals surface area contributed by atoms with E-state index in [1.165, 1.54) is 12.0 Å². The van der Waals surface area contributed by atoms with Crippen LogP contribution < -0.4 is 11.1 Å². The van der Waals surface area contributed by atoms with E-state index in [4.69, 9.17) is 17.3 Å². The number of benzene rings is 1. The Morgan fingerprint density at radius 3 is 2.73 bits per heavy atom. The van der Waals surface area contributed by atoms with Gasteiger partial charge in [-0.05, 0) is 49.5 Å². The minimum atomic E-state index is 0.146. The van der Waals surface area contributed by atoms with Crippen molar-refractivity contribution in [3.8, 4) is 0 Å². The molecule has 2 nitrogen and oxygen atoms in total. The Labute approximate surface area is 95.8 Å². The molecule has 0 spiro atoms. The maximum atomic E-state index is 6.15. The molecule has 1 fully saturated rings. The van der Waals surface area contributed by atoms with E-state index in [0.717, 1.165) is 30.5 Å². The number of nitrogens with one attached hydrogen (secondary N) is 1. The molecule has 2 unspecified atom stereocenters. The van der Waals surface area contributed by atoms with Crippen molar-refractivity contribution in [3.63, 3.8) is 0 Å². The lowest BCUT2D eigenvalue weighted by molar-refractivity contribution is 0.473. The summed E-state index contributed by atoms with van der Waals surface area (Å²) < 4.78 is 0. The van der Waals surface area contributed by atoms with E-state index in [2.05, 4.69) is 5.32 Å². The van der Waals surface area contributed by atoms with Crippen LogP contribution in [0.3, 0.4) is 0 Å². The van der Waals surface area contributed by atoms with Crippen LogP contribution in [0.15, 0.2) is 24.3 Å². The molecule has 1 aromatic rings. The normalized spacial score (nSPS) is 22.9. The smallest absolute Gasteiger partial charge is 0.0406 e. The molecule has 2 atom stereocenters. The van der Waals surface area contributed by atoms with Crippen molar-refractivity contribution < 1.29 is 0 Å². The summed E-state index contributed by atoms with van der Waals surface area (Å²) in [5, 5.41) is 4.13. The van der Waals surface area contributed by atoms with E-state index < -0.39 is 0 Å². The predicted molar refractivity (Wildman–Crippen MR) is 64.0 cm³/mol. The van der Waals surface area contributed by atoms with Gasteiger partial charge < -0.3 is 11.1 Å². The van der Waals surface area contributed by atoms with Gasteiger partial charge in [-0.1, -0.05) is 23.7 Å². The van der Waals surface area contributed by atoms with Crippen LogP contribution in [0.2, 0.25) is 5.02 Å². The second-order valence-electron chi connectivity index (χ2n) is 4.25. The molecule has 1 heterocycles. The molecule has 82 valence electrons. The lowest BCUT2D eigenvalue weighted by atomic mass is 9.95. The highest BCUT2D eigenvalue weighted by atomic mass is 35.5. The first-order chi connectivity index (χ1) is 7.25. The highest BCUT2D eigenvalue weighted by molar-refractivity contribution is 6.30. The molecule has 3 N–H and O–H groups in total. The molecule has 1 aliphatic rings. The monoisotopic (exact) mass is 224 g/mol. The molecule has 0 bridgehead atoms. The van der Waals surface area contributed by atoms with Gasteiger partial charge in [-0.2, -0.15) is 0 Å². The standard InChI is InChI=1S/C12H17ClN2/c13-11-3-1-10(2-4-11)12(14)7-9-5-6-15-8-9/h1-4,9,12,15H,5-8,14H2. The average molecular weight is 225 g/mol. The first kappa shape index (κ1) is 10.9. The van der Waals surface area contributed by atoms with Gasteiger partial charge in [0.15, 0.2) is 0 Å². The van der Waals surface area contributed by atoms with E-state index in [1.807, 2.05) is 24.3 Å². The summed E-state index contributed by atoms with van der Waals surface area (Å²) in [6, 6.07) is 8.00. The average Bonchev–Trinajstić information content (AvgIpc) is 2.71. The fourth-order valence-electron chi connectivity index (χ4n) is 2.12. The summed E-state index contributed by atoms with van der Waals surface area (Å²) in [5.74, 6) is 0.732. The van der Waals surface area contributed by atoms with Crippen LogP contribution >= 0.6 is 11.6 Å². The summed E-state index contributed by atoms with van der Waals surface area (Å²) in [6.45, 7) is 2.25. The summed E-state index contributed by atoms with van der Waals surface area (Å²) >= 11 is 5.84. The van der Waals surface area contributed by atoms with Crippen LogP contribution in [-0.4, -0.2) is 13.1 Å². The third-order valence-electron chi connectivity index (χ3n) is 3.05. The Balaban J connectivity index is 1.94. The Hall–Kier alpha value is -0.570. The molecule has 2 rings (SSSR count). The van der Waals surface area contributed by atoms with Crippen LogP contribution in [0.4, 0.5) is 0 Å². The van der Waals surface area contributed by atoms with Gasteiger partial charge in [0.1, 0.15) is 0 Å². The van der Waals surface area contributed by atoms with Crippen molar-refractivity contribution in [1.82, 2.24) is 5.32 Å². The largest absolute Gasteiger partial charge is 0.324 e. The first-order valence-corrected chi connectivity index (χ1v) is 5.85. The van der Waals surface area contributed by atoms with Gasteiger partial charge >= 0.3 is 0 Å². The fourth-order valence-corrected chi connectivity index (χ4v) is 2.25. The van der Waals surface area contributed by atoms with E-state index in [-0.39, 0.29) is 6.04 Å². The quantitative estimate of drug-likeness (QED) is 0.827. The van der Waals surface area contributed by atoms with Gasteiger partial charge in [-0.3, -0.25) is 0 Å². The van der Waals surface area contributed by atoms with Gasteiger partial charge in [0.05, 0.1) is 0 Å². The van der Waals surface area contributed by atoms with Gasteiger partial charge in [-0.25, -0.2) is 0 Å².